The number of carbonyl (C=O) groups excluding carboxylic acids is 1. The molecule has 5 heteroatoms. The summed E-state index contributed by atoms with van der Waals surface area (Å²) in [5.74, 6) is 0.901. The van der Waals surface area contributed by atoms with Crippen molar-refractivity contribution in [2.24, 2.45) is 5.41 Å². The van der Waals surface area contributed by atoms with Gasteiger partial charge in [-0.3, -0.25) is 0 Å². The maximum absolute atomic E-state index is 12.3. The van der Waals surface area contributed by atoms with E-state index < -0.39 is 0 Å². The quantitative estimate of drug-likeness (QED) is 0.799. The monoisotopic (exact) mass is 316 g/mol. The molecule has 0 unspecified atom stereocenters. The molecule has 2 fully saturated rings. The number of rotatable bonds is 4. The molecule has 1 heterocycles. The molecular formula is C18H24N2O3. The first-order chi connectivity index (χ1) is 11.1. The van der Waals surface area contributed by atoms with Gasteiger partial charge in [-0.2, -0.15) is 0 Å². The Balaban J connectivity index is 1.44. The zero-order chi connectivity index (χ0) is 15.9. The van der Waals surface area contributed by atoms with Gasteiger partial charge in [-0.1, -0.05) is 18.2 Å². The molecule has 124 valence electrons. The second kappa shape index (κ2) is 5.41. The molecule has 0 bridgehead atoms. The molecule has 3 N–H and O–H groups in total. The summed E-state index contributed by atoms with van der Waals surface area (Å²) in [5, 5.41) is 15.4. The maximum atomic E-state index is 12.3. The Morgan fingerprint density at radius 2 is 2.04 bits per heavy atom. The molecule has 23 heavy (non-hydrogen) atoms. The molecule has 1 aromatic carbocycles. The van der Waals surface area contributed by atoms with E-state index in [1.54, 1.807) is 0 Å². The Morgan fingerprint density at radius 1 is 1.26 bits per heavy atom. The number of nitrogens with one attached hydrogen (secondary N) is 2. The van der Waals surface area contributed by atoms with Gasteiger partial charge in [-0.25, -0.2) is 4.79 Å². The van der Waals surface area contributed by atoms with Crippen LogP contribution in [-0.4, -0.2) is 29.9 Å². The maximum Gasteiger partial charge on any atom is 0.315 e. The lowest BCUT2D eigenvalue weighted by atomic mass is 9.73. The molecule has 1 aromatic rings. The summed E-state index contributed by atoms with van der Waals surface area (Å²) in [6.07, 6.45) is 6.15. The van der Waals surface area contributed by atoms with Crippen LogP contribution >= 0.6 is 0 Å². The molecule has 0 saturated heterocycles. The van der Waals surface area contributed by atoms with E-state index in [4.69, 9.17) is 4.74 Å². The highest BCUT2D eigenvalue weighted by atomic mass is 16.5. The molecule has 2 amide bonds. The first-order valence-electron chi connectivity index (χ1n) is 8.57. The summed E-state index contributed by atoms with van der Waals surface area (Å²) in [4.78, 5) is 12.3. The smallest absolute Gasteiger partial charge is 0.315 e. The molecule has 5 nitrogen and oxygen atoms in total. The number of urea groups is 1. The highest BCUT2D eigenvalue weighted by Crippen LogP contribution is 2.48. The predicted molar refractivity (Wildman–Crippen MR) is 86.3 cm³/mol. The first kappa shape index (κ1) is 14.8. The van der Waals surface area contributed by atoms with Gasteiger partial charge in [0.05, 0.1) is 12.6 Å². The van der Waals surface area contributed by atoms with Crippen molar-refractivity contribution in [2.45, 2.75) is 50.2 Å². The zero-order valence-electron chi connectivity index (χ0n) is 13.3. The fraction of sp³-hybridized carbons (Fsp3) is 0.611. The van der Waals surface area contributed by atoms with Crippen molar-refractivity contribution < 1.29 is 14.6 Å². The molecule has 1 spiro atoms. The SMILES string of the molecule is O=C(NCC1(CO)CC1)N[C@H]1CC2(CCC2)Oc2ccccc21. The lowest BCUT2D eigenvalue weighted by Crippen LogP contribution is -2.51. The van der Waals surface area contributed by atoms with Gasteiger partial charge in [0.1, 0.15) is 11.4 Å². The molecule has 1 atom stereocenters. The second-order valence-electron chi connectivity index (χ2n) is 7.42. The second-order valence-corrected chi connectivity index (χ2v) is 7.42. The molecule has 3 aliphatic rings. The van der Waals surface area contributed by atoms with Crippen molar-refractivity contribution in [2.75, 3.05) is 13.2 Å². The largest absolute Gasteiger partial charge is 0.487 e. The Hall–Kier alpha value is -1.75. The summed E-state index contributed by atoms with van der Waals surface area (Å²) >= 11 is 0. The van der Waals surface area contributed by atoms with Crippen LogP contribution in [0, 0.1) is 5.41 Å². The van der Waals surface area contributed by atoms with Crippen LogP contribution in [-0.2, 0) is 0 Å². The zero-order valence-corrected chi connectivity index (χ0v) is 13.3. The Bertz CT molecular complexity index is 608. The number of aliphatic hydroxyl groups excluding tert-OH is 1. The number of aliphatic hydroxyl groups is 1. The van der Waals surface area contributed by atoms with Gasteiger partial charge in [0, 0.05) is 23.9 Å². The Kier molecular flexibility index (Phi) is 3.48. The summed E-state index contributed by atoms with van der Waals surface area (Å²) in [5.41, 5.74) is 0.901. The minimum Gasteiger partial charge on any atom is -0.487 e. The van der Waals surface area contributed by atoms with Crippen LogP contribution in [0.5, 0.6) is 5.75 Å². The summed E-state index contributed by atoms with van der Waals surface area (Å²) < 4.78 is 6.20. The van der Waals surface area contributed by atoms with Crippen LogP contribution in [0.3, 0.4) is 0 Å². The van der Waals surface area contributed by atoms with E-state index in [2.05, 4.69) is 10.6 Å². The third-order valence-electron chi connectivity index (χ3n) is 5.68. The number of fused-ring (bicyclic) bond motifs is 1. The normalized spacial score (nSPS) is 25.7. The molecule has 4 rings (SSSR count). The molecule has 0 radical (unpaired) electrons. The topological polar surface area (TPSA) is 70.6 Å². The Labute approximate surface area is 136 Å². The van der Waals surface area contributed by atoms with Crippen LogP contribution in [0.15, 0.2) is 24.3 Å². The fourth-order valence-corrected chi connectivity index (χ4v) is 3.67. The van der Waals surface area contributed by atoms with Gasteiger partial charge < -0.3 is 20.5 Å². The van der Waals surface area contributed by atoms with Crippen LogP contribution in [0.1, 0.15) is 50.1 Å². The van der Waals surface area contributed by atoms with Crippen LogP contribution < -0.4 is 15.4 Å². The van der Waals surface area contributed by atoms with E-state index in [0.29, 0.717) is 6.54 Å². The summed E-state index contributed by atoms with van der Waals surface area (Å²) in [7, 11) is 0. The number of para-hydroxylation sites is 1. The molecule has 2 saturated carbocycles. The first-order valence-corrected chi connectivity index (χ1v) is 8.57. The molecular weight excluding hydrogens is 292 g/mol. The molecule has 2 aliphatic carbocycles. The van der Waals surface area contributed by atoms with Crippen molar-refractivity contribution in [1.82, 2.24) is 10.6 Å². The van der Waals surface area contributed by atoms with E-state index in [1.807, 2.05) is 24.3 Å². The van der Waals surface area contributed by atoms with Crippen molar-refractivity contribution >= 4 is 6.03 Å². The van der Waals surface area contributed by atoms with E-state index in [-0.39, 0.29) is 29.7 Å². The van der Waals surface area contributed by atoms with Crippen LogP contribution in [0.25, 0.3) is 0 Å². The van der Waals surface area contributed by atoms with Crippen LogP contribution in [0.4, 0.5) is 4.79 Å². The minimum atomic E-state index is -0.152. The average Bonchev–Trinajstić information content (AvgIpc) is 3.32. The fourth-order valence-electron chi connectivity index (χ4n) is 3.67. The number of hydrogen-bond donors (Lipinski definition) is 3. The standard InChI is InChI=1S/C18H24N2O3/c21-12-17(8-9-17)11-19-16(22)20-14-10-18(6-3-7-18)23-15-5-2-1-4-13(14)15/h1-2,4-5,14,21H,3,6-12H2,(H2,19,20,22)/t14-/m0/s1. The van der Waals surface area contributed by atoms with Crippen LogP contribution in [0.2, 0.25) is 0 Å². The molecule has 0 aromatic heterocycles. The van der Waals surface area contributed by atoms with Gasteiger partial charge in [0.15, 0.2) is 0 Å². The van der Waals surface area contributed by atoms with Gasteiger partial charge in [0.25, 0.3) is 0 Å². The lowest BCUT2D eigenvalue weighted by Gasteiger charge is -2.48. The van der Waals surface area contributed by atoms with Gasteiger partial charge in [-0.15, -0.1) is 0 Å². The number of ether oxygens (including phenoxy) is 1. The summed E-state index contributed by atoms with van der Waals surface area (Å²) in [6, 6.07) is 7.82. The third-order valence-corrected chi connectivity index (χ3v) is 5.68. The van der Waals surface area contributed by atoms with Crippen molar-refractivity contribution in [3.63, 3.8) is 0 Å². The molecule has 1 aliphatic heterocycles. The van der Waals surface area contributed by atoms with E-state index in [0.717, 1.165) is 43.4 Å². The number of carbonyl (C=O) groups is 1. The van der Waals surface area contributed by atoms with Crippen molar-refractivity contribution in [3.05, 3.63) is 29.8 Å². The predicted octanol–water partition coefficient (Wildman–Crippen LogP) is 2.50. The number of amides is 2. The number of benzene rings is 1. The highest BCUT2D eigenvalue weighted by molar-refractivity contribution is 5.74. The van der Waals surface area contributed by atoms with Gasteiger partial charge >= 0.3 is 6.03 Å². The third kappa shape index (κ3) is 2.78. The van der Waals surface area contributed by atoms with Crippen molar-refractivity contribution in [1.29, 1.82) is 0 Å². The summed E-state index contributed by atoms with van der Waals surface area (Å²) in [6.45, 7) is 0.696. The number of hydrogen-bond acceptors (Lipinski definition) is 3. The minimum absolute atomic E-state index is 0.00969. The van der Waals surface area contributed by atoms with Gasteiger partial charge in [0.2, 0.25) is 0 Å². The van der Waals surface area contributed by atoms with Crippen molar-refractivity contribution in [3.8, 4) is 5.75 Å². The van der Waals surface area contributed by atoms with E-state index in [9.17, 15) is 9.90 Å². The Morgan fingerprint density at radius 3 is 2.70 bits per heavy atom. The van der Waals surface area contributed by atoms with E-state index in [1.165, 1.54) is 6.42 Å². The van der Waals surface area contributed by atoms with E-state index >= 15 is 0 Å². The van der Waals surface area contributed by atoms with Gasteiger partial charge in [-0.05, 0) is 38.2 Å². The average molecular weight is 316 g/mol. The highest BCUT2D eigenvalue weighted by Gasteiger charge is 2.46. The lowest BCUT2D eigenvalue weighted by molar-refractivity contribution is -0.0355.